The zero-order valence-corrected chi connectivity index (χ0v) is 15.5. The number of aromatic nitrogens is 2. The molecule has 0 radical (unpaired) electrons. The maximum absolute atomic E-state index is 12.9. The van der Waals surface area contributed by atoms with Gasteiger partial charge in [-0.05, 0) is 30.7 Å². The first kappa shape index (κ1) is 19.0. The van der Waals surface area contributed by atoms with E-state index in [1.165, 1.54) is 18.2 Å². The minimum Gasteiger partial charge on any atom is -0.360 e. The highest BCUT2D eigenvalue weighted by Gasteiger charge is 2.31. The maximum atomic E-state index is 12.9. The van der Waals surface area contributed by atoms with E-state index in [4.69, 9.17) is 5.10 Å². The Balaban J connectivity index is 1.73. The predicted octanol–water partition coefficient (Wildman–Crippen LogP) is 4.87. The fourth-order valence-electron chi connectivity index (χ4n) is 3.79. The van der Waals surface area contributed by atoms with E-state index in [0.29, 0.717) is 30.0 Å². The van der Waals surface area contributed by atoms with Crippen molar-refractivity contribution in [3.8, 4) is 11.3 Å². The van der Waals surface area contributed by atoms with E-state index < -0.39 is 11.7 Å². The number of hydrogen-bond acceptors (Lipinski definition) is 3. The molecule has 0 amide bonds. The SMILES string of the molecule is C=CC(=C=O)N1CCC(n2nc(-c3ccc(C(F)(F)F)cc3)c3ccccc32)C1. The molecule has 1 saturated heterocycles. The van der Waals surface area contributed by atoms with Crippen molar-refractivity contribution in [2.75, 3.05) is 13.1 Å². The van der Waals surface area contributed by atoms with Gasteiger partial charge in [0.25, 0.3) is 0 Å². The molecule has 2 heterocycles. The van der Waals surface area contributed by atoms with Gasteiger partial charge in [0.1, 0.15) is 17.3 Å². The molecule has 3 aromatic rings. The summed E-state index contributed by atoms with van der Waals surface area (Å²) >= 11 is 0. The molecule has 1 atom stereocenters. The lowest BCUT2D eigenvalue weighted by molar-refractivity contribution is -0.137. The van der Waals surface area contributed by atoms with Crippen LogP contribution in [0.4, 0.5) is 13.2 Å². The Morgan fingerprint density at radius 1 is 1.17 bits per heavy atom. The molecule has 1 unspecified atom stereocenters. The van der Waals surface area contributed by atoms with Crippen LogP contribution in [0.5, 0.6) is 0 Å². The summed E-state index contributed by atoms with van der Waals surface area (Å²) in [7, 11) is 0. The number of allylic oxidation sites excluding steroid dienone is 1. The fraction of sp³-hybridized carbons (Fsp3) is 0.227. The van der Waals surface area contributed by atoms with Gasteiger partial charge in [0, 0.05) is 24.0 Å². The van der Waals surface area contributed by atoms with Crippen molar-refractivity contribution in [2.45, 2.75) is 18.6 Å². The Morgan fingerprint density at radius 2 is 1.90 bits per heavy atom. The lowest BCUT2D eigenvalue weighted by Gasteiger charge is -2.17. The van der Waals surface area contributed by atoms with Gasteiger partial charge in [0.15, 0.2) is 0 Å². The van der Waals surface area contributed by atoms with Crippen LogP contribution in [-0.2, 0) is 11.0 Å². The van der Waals surface area contributed by atoms with E-state index in [9.17, 15) is 18.0 Å². The van der Waals surface area contributed by atoms with Crippen LogP contribution in [0.2, 0.25) is 0 Å². The van der Waals surface area contributed by atoms with Crippen LogP contribution in [0.3, 0.4) is 0 Å². The standard InChI is InChI=1S/C22H18F3N3O/c1-2-17(14-29)27-12-11-18(13-27)28-20-6-4-3-5-19(20)21(26-28)15-7-9-16(10-8-15)22(23,24)25/h2-10,18H,1,11-13H2. The van der Waals surface area contributed by atoms with E-state index in [1.807, 2.05) is 39.8 Å². The molecule has 29 heavy (non-hydrogen) atoms. The van der Waals surface area contributed by atoms with E-state index in [1.54, 1.807) is 0 Å². The summed E-state index contributed by atoms with van der Waals surface area (Å²) in [6, 6.07) is 12.7. The highest BCUT2D eigenvalue weighted by Crippen LogP contribution is 2.35. The Bertz CT molecular complexity index is 1110. The van der Waals surface area contributed by atoms with E-state index in [2.05, 4.69) is 6.58 Å². The second kappa shape index (κ2) is 7.26. The minimum atomic E-state index is -4.37. The van der Waals surface area contributed by atoms with Gasteiger partial charge in [-0.25, -0.2) is 4.79 Å². The molecule has 1 aromatic heterocycles. The Hall–Kier alpha value is -3.31. The van der Waals surface area contributed by atoms with Crippen molar-refractivity contribution in [3.05, 3.63) is 72.4 Å². The molecular weight excluding hydrogens is 379 g/mol. The van der Waals surface area contributed by atoms with Gasteiger partial charge >= 0.3 is 6.18 Å². The van der Waals surface area contributed by atoms with Gasteiger partial charge in [0.2, 0.25) is 0 Å². The Labute approximate surface area is 165 Å². The van der Waals surface area contributed by atoms with Gasteiger partial charge in [-0.15, -0.1) is 0 Å². The minimum absolute atomic E-state index is 0.0337. The molecule has 2 aromatic carbocycles. The number of hydrogen-bond donors (Lipinski definition) is 0. The second-order valence-corrected chi connectivity index (χ2v) is 6.97. The third-order valence-corrected chi connectivity index (χ3v) is 5.25. The zero-order valence-electron chi connectivity index (χ0n) is 15.5. The van der Waals surface area contributed by atoms with Crippen molar-refractivity contribution in [3.63, 3.8) is 0 Å². The normalized spacial score (nSPS) is 16.8. The molecule has 0 aliphatic carbocycles. The fourth-order valence-corrected chi connectivity index (χ4v) is 3.79. The number of carbonyl (C=O) groups excluding carboxylic acids is 1. The molecule has 148 valence electrons. The Morgan fingerprint density at radius 3 is 2.55 bits per heavy atom. The quantitative estimate of drug-likeness (QED) is 0.466. The number of likely N-dealkylation sites (tertiary alicyclic amines) is 1. The van der Waals surface area contributed by atoms with Crippen molar-refractivity contribution in [2.24, 2.45) is 0 Å². The van der Waals surface area contributed by atoms with Gasteiger partial charge < -0.3 is 4.90 Å². The van der Waals surface area contributed by atoms with E-state index in [-0.39, 0.29) is 6.04 Å². The first-order valence-electron chi connectivity index (χ1n) is 9.19. The van der Waals surface area contributed by atoms with Crippen LogP contribution in [0.1, 0.15) is 18.0 Å². The van der Waals surface area contributed by atoms with Gasteiger partial charge in [-0.3, -0.25) is 4.68 Å². The lowest BCUT2D eigenvalue weighted by Crippen LogP contribution is -2.21. The predicted molar refractivity (Wildman–Crippen MR) is 105 cm³/mol. The number of nitrogens with zero attached hydrogens (tertiary/aromatic N) is 3. The van der Waals surface area contributed by atoms with Crippen LogP contribution in [0.25, 0.3) is 22.2 Å². The van der Waals surface area contributed by atoms with E-state index >= 15 is 0 Å². The van der Waals surface area contributed by atoms with Gasteiger partial charge in [-0.1, -0.05) is 36.9 Å². The molecule has 0 N–H and O–H groups in total. The number of benzene rings is 2. The van der Waals surface area contributed by atoms with Crippen LogP contribution >= 0.6 is 0 Å². The molecule has 0 spiro atoms. The average Bonchev–Trinajstić information content (AvgIpc) is 3.33. The number of fused-ring (bicyclic) bond motifs is 1. The Kier molecular flexibility index (Phi) is 4.76. The molecule has 1 fully saturated rings. The third kappa shape index (κ3) is 3.45. The molecule has 1 aliphatic heterocycles. The molecule has 4 rings (SSSR count). The first-order chi connectivity index (χ1) is 13.9. The van der Waals surface area contributed by atoms with Crippen LogP contribution in [-0.4, -0.2) is 33.7 Å². The topological polar surface area (TPSA) is 38.1 Å². The van der Waals surface area contributed by atoms with Gasteiger partial charge in [0.05, 0.1) is 17.1 Å². The summed E-state index contributed by atoms with van der Waals surface area (Å²) in [6.45, 7) is 4.93. The molecule has 7 heteroatoms. The van der Waals surface area contributed by atoms with Crippen molar-refractivity contribution in [1.29, 1.82) is 0 Å². The first-order valence-corrected chi connectivity index (χ1v) is 9.19. The van der Waals surface area contributed by atoms with Gasteiger partial charge in [-0.2, -0.15) is 18.3 Å². The number of halogens is 3. The highest BCUT2D eigenvalue weighted by atomic mass is 19.4. The molecule has 0 saturated carbocycles. The smallest absolute Gasteiger partial charge is 0.360 e. The number of rotatable bonds is 4. The van der Waals surface area contributed by atoms with E-state index in [0.717, 1.165) is 29.5 Å². The van der Waals surface area contributed by atoms with Crippen LogP contribution in [0, 0.1) is 0 Å². The second-order valence-electron chi connectivity index (χ2n) is 6.97. The monoisotopic (exact) mass is 397 g/mol. The molecule has 0 bridgehead atoms. The highest BCUT2D eigenvalue weighted by molar-refractivity contribution is 5.93. The largest absolute Gasteiger partial charge is 0.416 e. The summed E-state index contributed by atoms with van der Waals surface area (Å²) in [4.78, 5) is 13.0. The average molecular weight is 397 g/mol. The summed E-state index contributed by atoms with van der Waals surface area (Å²) < 4.78 is 40.6. The lowest BCUT2D eigenvalue weighted by atomic mass is 10.1. The van der Waals surface area contributed by atoms with Crippen LogP contribution in [0.15, 0.2) is 66.9 Å². The summed E-state index contributed by atoms with van der Waals surface area (Å²) in [5.41, 5.74) is 1.91. The zero-order chi connectivity index (χ0) is 20.6. The van der Waals surface area contributed by atoms with Crippen LogP contribution < -0.4 is 0 Å². The van der Waals surface area contributed by atoms with Crippen molar-refractivity contribution < 1.29 is 18.0 Å². The molecule has 1 aliphatic rings. The summed E-state index contributed by atoms with van der Waals surface area (Å²) in [5, 5.41) is 5.63. The number of para-hydroxylation sites is 1. The maximum Gasteiger partial charge on any atom is 0.416 e. The molecule has 4 nitrogen and oxygen atoms in total. The third-order valence-electron chi connectivity index (χ3n) is 5.25. The van der Waals surface area contributed by atoms with Crippen molar-refractivity contribution >= 4 is 16.8 Å². The summed E-state index contributed by atoms with van der Waals surface area (Å²) in [6.07, 6.45) is -2.09. The number of alkyl halides is 3. The van der Waals surface area contributed by atoms with Crippen molar-refractivity contribution in [1.82, 2.24) is 14.7 Å². The molecular formula is C22H18F3N3O. The summed E-state index contributed by atoms with van der Waals surface area (Å²) in [5.74, 6) is 1.90.